The summed E-state index contributed by atoms with van der Waals surface area (Å²) in [4.78, 5) is 26.1. The minimum absolute atomic E-state index is 0.0247. The van der Waals surface area contributed by atoms with Crippen molar-refractivity contribution in [1.82, 2.24) is 10.2 Å². The number of rotatable bonds is 5. The van der Waals surface area contributed by atoms with Crippen LogP contribution in [0.2, 0.25) is 0 Å². The highest BCUT2D eigenvalue weighted by Crippen LogP contribution is 2.15. The van der Waals surface area contributed by atoms with Crippen molar-refractivity contribution in [1.29, 1.82) is 0 Å². The van der Waals surface area contributed by atoms with Crippen LogP contribution in [0.5, 0.6) is 0 Å². The van der Waals surface area contributed by atoms with Crippen molar-refractivity contribution in [2.75, 3.05) is 7.05 Å². The first-order valence-corrected chi connectivity index (χ1v) is 7.89. The monoisotopic (exact) mass is 320 g/mol. The van der Waals surface area contributed by atoms with Gasteiger partial charge in [0, 0.05) is 13.6 Å². The van der Waals surface area contributed by atoms with Crippen molar-refractivity contribution in [3.8, 4) is 0 Å². The van der Waals surface area contributed by atoms with E-state index < -0.39 is 17.7 Å². The molecule has 1 aromatic rings. The van der Waals surface area contributed by atoms with Crippen molar-refractivity contribution in [2.24, 2.45) is 5.92 Å². The van der Waals surface area contributed by atoms with Crippen LogP contribution < -0.4 is 5.32 Å². The van der Waals surface area contributed by atoms with Crippen LogP contribution in [0, 0.1) is 5.92 Å². The maximum atomic E-state index is 12.5. The lowest BCUT2D eigenvalue weighted by atomic mass is 10.0. The predicted molar refractivity (Wildman–Crippen MR) is 90.9 cm³/mol. The first kappa shape index (κ1) is 19.0. The molecule has 0 saturated heterocycles. The molecule has 0 spiro atoms. The van der Waals surface area contributed by atoms with E-state index >= 15 is 0 Å². The molecule has 5 heteroatoms. The van der Waals surface area contributed by atoms with Crippen molar-refractivity contribution >= 4 is 12.0 Å². The zero-order valence-electron chi connectivity index (χ0n) is 14.9. The van der Waals surface area contributed by atoms with Crippen LogP contribution in [-0.2, 0) is 16.1 Å². The molecule has 0 aliphatic carbocycles. The summed E-state index contributed by atoms with van der Waals surface area (Å²) in [6.07, 6.45) is -0.494. The summed E-state index contributed by atoms with van der Waals surface area (Å²) in [5.41, 5.74) is 0.427. The highest BCUT2D eigenvalue weighted by molar-refractivity contribution is 5.85. The lowest BCUT2D eigenvalue weighted by Gasteiger charge is -2.32. The van der Waals surface area contributed by atoms with Crippen LogP contribution in [0.1, 0.15) is 40.2 Å². The average Bonchev–Trinajstić information content (AvgIpc) is 2.44. The first-order valence-electron chi connectivity index (χ1n) is 7.89. The predicted octanol–water partition coefficient (Wildman–Crippen LogP) is 3.19. The van der Waals surface area contributed by atoms with E-state index in [9.17, 15) is 9.59 Å². The molecule has 5 nitrogen and oxygen atoms in total. The van der Waals surface area contributed by atoms with Gasteiger partial charge in [0.05, 0.1) is 0 Å². The number of nitrogens with one attached hydrogen (secondary N) is 1. The van der Waals surface area contributed by atoms with Crippen LogP contribution in [0.15, 0.2) is 30.3 Å². The number of hydrogen-bond acceptors (Lipinski definition) is 3. The summed E-state index contributed by atoms with van der Waals surface area (Å²) < 4.78 is 5.35. The molecular weight excluding hydrogens is 292 g/mol. The van der Waals surface area contributed by atoms with Gasteiger partial charge in [0.25, 0.3) is 0 Å². The average molecular weight is 320 g/mol. The normalized spacial score (nSPS) is 12.7. The van der Waals surface area contributed by atoms with Gasteiger partial charge < -0.3 is 10.1 Å². The Balaban J connectivity index is 2.72. The largest absolute Gasteiger partial charge is 0.444 e. The maximum Gasteiger partial charge on any atom is 0.410 e. The number of carbonyl (C=O) groups excluding carboxylic acids is 2. The number of hydrogen-bond donors (Lipinski definition) is 1. The zero-order chi connectivity index (χ0) is 17.6. The fourth-order valence-corrected chi connectivity index (χ4v) is 2.26. The molecule has 0 unspecified atom stereocenters. The van der Waals surface area contributed by atoms with E-state index in [4.69, 9.17) is 4.74 Å². The molecule has 0 aliphatic heterocycles. The number of nitrogens with zero attached hydrogens (tertiary/aromatic N) is 1. The molecule has 0 radical (unpaired) electrons. The van der Waals surface area contributed by atoms with Gasteiger partial charge >= 0.3 is 6.09 Å². The Hall–Kier alpha value is -2.04. The number of benzene rings is 1. The van der Waals surface area contributed by atoms with E-state index in [-0.39, 0.29) is 11.8 Å². The molecule has 0 heterocycles. The molecule has 1 N–H and O–H groups in total. The van der Waals surface area contributed by atoms with Crippen LogP contribution in [-0.4, -0.2) is 35.6 Å². The standard InChI is InChI=1S/C18H28N2O3/c1-13(2)15(20(6)17(22)23-18(3,4)5)16(21)19-12-14-10-8-7-9-11-14/h7-11,13,15H,12H2,1-6H3,(H,19,21)/t15-/m1/s1. The lowest BCUT2D eigenvalue weighted by molar-refractivity contribution is -0.127. The molecule has 128 valence electrons. The second kappa shape index (κ2) is 7.99. The third-order valence-corrected chi connectivity index (χ3v) is 3.31. The molecule has 0 aromatic heterocycles. The molecule has 0 fully saturated rings. The Morgan fingerprint density at radius 2 is 1.74 bits per heavy atom. The summed E-state index contributed by atoms with van der Waals surface area (Å²) in [5, 5.41) is 2.89. The molecule has 23 heavy (non-hydrogen) atoms. The second-order valence-corrected chi connectivity index (χ2v) is 6.98. The van der Waals surface area contributed by atoms with E-state index in [1.165, 1.54) is 4.90 Å². The number of ether oxygens (including phenoxy) is 1. The fourth-order valence-electron chi connectivity index (χ4n) is 2.26. The molecule has 1 rings (SSSR count). The van der Waals surface area contributed by atoms with E-state index in [1.54, 1.807) is 27.8 Å². The quantitative estimate of drug-likeness (QED) is 0.906. The number of carbonyl (C=O) groups is 2. The van der Waals surface area contributed by atoms with Crippen molar-refractivity contribution < 1.29 is 14.3 Å². The summed E-state index contributed by atoms with van der Waals surface area (Å²) >= 11 is 0. The molecule has 1 atom stereocenters. The summed E-state index contributed by atoms with van der Waals surface area (Å²) in [6, 6.07) is 9.10. The van der Waals surface area contributed by atoms with Crippen molar-refractivity contribution in [3.63, 3.8) is 0 Å². The van der Waals surface area contributed by atoms with Crippen LogP contribution in [0.4, 0.5) is 4.79 Å². The van der Waals surface area contributed by atoms with E-state index in [2.05, 4.69) is 5.32 Å². The zero-order valence-corrected chi connectivity index (χ0v) is 14.9. The summed E-state index contributed by atoms with van der Waals surface area (Å²) in [5.74, 6) is -0.208. The van der Waals surface area contributed by atoms with Crippen molar-refractivity contribution in [2.45, 2.75) is 52.8 Å². The number of amides is 2. The van der Waals surface area contributed by atoms with Crippen LogP contribution in [0.25, 0.3) is 0 Å². The Bertz CT molecular complexity index is 521. The molecule has 0 aliphatic rings. The van der Waals surface area contributed by atoms with Gasteiger partial charge in [0.1, 0.15) is 11.6 Å². The van der Waals surface area contributed by atoms with E-state index in [1.807, 2.05) is 44.2 Å². The minimum Gasteiger partial charge on any atom is -0.444 e. The molecule has 1 aromatic carbocycles. The second-order valence-electron chi connectivity index (χ2n) is 6.98. The Kier molecular flexibility index (Phi) is 6.61. The van der Waals surface area contributed by atoms with Gasteiger partial charge in [-0.25, -0.2) is 4.79 Å². The molecular formula is C18H28N2O3. The van der Waals surface area contributed by atoms with Gasteiger partial charge in [-0.05, 0) is 32.3 Å². The summed E-state index contributed by atoms with van der Waals surface area (Å²) in [7, 11) is 1.60. The Labute approximate surface area is 139 Å². The van der Waals surface area contributed by atoms with Crippen molar-refractivity contribution in [3.05, 3.63) is 35.9 Å². The molecule has 2 amide bonds. The van der Waals surface area contributed by atoms with Gasteiger partial charge in [-0.2, -0.15) is 0 Å². The highest BCUT2D eigenvalue weighted by Gasteiger charge is 2.32. The van der Waals surface area contributed by atoms with E-state index in [0.717, 1.165) is 5.56 Å². The van der Waals surface area contributed by atoms with Gasteiger partial charge in [0.2, 0.25) is 5.91 Å². The van der Waals surface area contributed by atoms with Gasteiger partial charge in [-0.15, -0.1) is 0 Å². The Morgan fingerprint density at radius 1 is 1.17 bits per heavy atom. The van der Waals surface area contributed by atoms with Gasteiger partial charge in [0.15, 0.2) is 0 Å². The maximum absolute atomic E-state index is 12.5. The smallest absolute Gasteiger partial charge is 0.410 e. The third-order valence-electron chi connectivity index (χ3n) is 3.31. The SMILES string of the molecule is CC(C)[C@H](C(=O)NCc1ccccc1)N(C)C(=O)OC(C)(C)C. The van der Waals surface area contributed by atoms with E-state index in [0.29, 0.717) is 6.54 Å². The van der Waals surface area contributed by atoms with Crippen LogP contribution in [0.3, 0.4) is 0 Å². The van der Waals surface area contributed by atoms with Gasteiger partial charge in [-0.3, -0.25) is 9.69 Å². The molecule has 0 bridgehead atoms. The minimum atomic E-state index is -0.590. The lowest BCUT2D eigenvalue weighted by Crippen LogP contribution is -2.51. The number of likely N-dealkylation sites (N-methyl/N-ethyl adjacent to an activating group) is 1. The third kappa shape index (κ3) is 6.30. The summed E-state index contributed by atoms with van der Waals surface area (Å²) in [6.45, 7) is 9.67. The molecule has 0 saturated carbocycles. The highest BCUT2D eigenvalue weighted by atomic mass is 16.6. The Morgan fingerprint density at radius 3 is 2.22 bits per heavy atom. The topological polar surface area (TPSA) is 58.6 Å². The van der Waals surface area contributed by atoms with Crippen LogP contribution >= 0.6 is 0 Å². The fraction of sp³-hybridized carbons (Fsp3) is 0.556. The first-order chi connectivity index (χ1) is 10.6. The van der Waals surface area contributed by atoms with Gasteiger partial charge in [-0.1, -0.05) is 44.2 Å².